The van der Waals surface area contributed by atoms with Crippen molar-refractivity contribution in [2.24, 2.45) is 0 Å². The van der Waals surface area contributed by atoms with E-state index in [1.807, 2.05) is 30.3 Å². The van der Waals surface area contributed by atoms with E-state index in [4.69, 9.17) is 9.47 Å². The van der Waals surface area contributed by atoms with Crippen molar-refractivity contribution < 1.29 is 22.7 Å². The third-order valence-corrected chi connectivity index (χ3v) is 7.57. The Morgan fingerprint density at radius 1 is 1.13 bits per heavy atom. The largest absolute Gasteiger partial charge is 0.486 e. The van der Waals surface area contributed by atoms with E-state index in [0.29, 0.717) is 36.1 Å². The average molecular weight is 445 g/mol. The second-order valence-electron chi connectivity index (χ2n) is 6.81. The first-order valence-electron chi connectivity index (χ1n) is 9.34. The van der Waals surface area contributed by atoms with Gasteiger partial charge in [-0.25, -0.2) is 13.4 Å². The summed E-state index contributed by atoms with van der Waals surface area (Å²) in [6, 6.07) is 14.5. The first kappa shape index (κ1) is 20.4. The Bertz CT molecular complexity index is 1160. The SMILES string of the molecule is CC(C(=O)Nc1ccc2c(c1)OCCO2)S(=O)(=O)Cc1csc(-c2ccccc2)n1. The molecular weight excluding hydrogens is 424 g/mol. The van der Waals surface area contributed by atoms with E-state index in [-0.39, 0.29) is 5.75 Å². The Morgan fingerprint density at radius 2 is 1.87 bits per heavy atom. The van der Waals surface area contributed by atoms with Crippen molar-refractivity contribution in [3.63, 3.8) is 0 Å². The molecule has 0 radical (unpaired) electrons. The molecule has 0 aliphatic carbocycles. The highest BCUT2D eigenvalue weighted by atomic mass is 32.2. The van der Waals surface area contributed by atoms with Crippen LogP contribution in [-0.2, 0) is 20.4 Å². The number of nitrogens with zero attached hydrogens (tertiary/aromatic N) is 1. The molecule has 1 aromatic heterocycles. The molecule has 0 fully saturated rings. The number of nitrogens with one attached hydrogen (secondary N) is 1. The van der Waals surface area contributed by atoms with Crippen LogP contribution in [0.4, 0.5) is 5.69 Å². The minimum atomic E-state index is -3.74. The maximum absolute atomic E-state index is 12.8. The number of carbonyl (C=O) groups excluding carboxylic acids is 1. The highest BCUT2D eigenvalue weighted by molar-refractivity contribution is 7.92. The van der Waals surface area contributed by atoms with Crippen LogP contribution in [0.25, 0.3) is 10.6 Å². The highest BCUT2D eigenvalue weighted by Crippen LogP contribution is 2.32. The van der Waals surface area contributed by atoms with Crippen LogP contribution < -0.4 is 14.8 Å². The van der Waals surface area contributed by atoms with Gasteiger partial charge in [0.05, 0.1) is 11.4 Å². The maximum atomic E-state index is 12.8. The lowest BCUT2D eigenvalue weighted by Gasteiger charge is -2.19. The van der Waals surface area contributed by atoms with Crippen molar-refractivity contribution in [1.29, 1.82) is 0 Å². The number of thiazole rings is 1. The number of hydrogen-bond acceptors (Lipinski definition) is 7. The van der Waals surface area contributed by atoms with Gasteiger partial charge in [0.1, 0.15) is 23.5 Å². The Morgan fingerprint density at radius 3 is 2.63 bits per heavy atom. The summed E-state index contributed by atoms with van der Waals surface area (Å²) in [5.41, 5.74) is 1.81. The fourth-order valence-electron chi connectivity index (χ4n) is 2.95. The lowest BCUT2D eigenvalue weighted by atomic mass is 10.2. The summed E-state index contributed by atoms with van der Waals surface area (Å²) in [6.07, 6.45) is 0. The van der Waals surface area contributed by atoms with E-state index in [1.165, 1.54) is 18.3 Å². The van der Waals surface area contributed by atoms with Gasteiger partial charge in [-0.15, -0.1) is 11.3 Å². The number of carbonyl (C=O) groups is 1. The van der Waals surface area contributed by atoms with E-state index < -0.39 is 21.0 Å². The Kier molecular flexibility index (Phi) is 5.74. The summed E-state index contributed by atoms with van der Waals surface area (Å²) in [5, 5.41) is 3.87. The summed E-state index contributed by atoms with van der Waals surface area (Å²) in [5.74, 6) is 0.208. The minimum Gasteiger partial charge on any atom is -0.486 e. The summed E-state index contributed by atoms with van der Waals surface area (Å²) in [7, 11) is -3.74. The fraction of sp³-hybridized carbons (Fsp3) is 0.238. The fourth-order valence-corrected chi connectivity index (χ4v) is 5.07. The molecule has 2 aromatic carbocycles. The van der Waals surface area contributed by atoms with Gasteiger partial charge in [-0.3, -0.25) is 4.79 Å². The molecule has 4 rings (SSSR count). The van der Waals surface area contributed by atoms with Crippen molar-refractivity contribution >= 4 is 32.8 Å². The van der Waals surface area contributed by atoms with Crippen LogP contribution in [0, 0.1) is 0 Å². The zero-order valence-electron chi connectivity index (χ0n) is 16.2. The topological polar surface area (TPSA) is 94.6 Å². The van der Waals surface area contributed by atoms with Crippen molar-refractivity contribution in [3.05, 3.63) is 59.6 Å². The standard InChI is InChI=1S/C21H20N2O5S2/c1-14(20(24)22-16-7-8-18-19(11-16)28-10-9-27-18)30(25,26)13-17-12-29-21(23-17)15-5-3-2-4-6-15/h2-8,11-12,14H,9-10,13H2,1H3,(H,22,24). The molecule has 1 N–H and O–H groups in total. The Balaban J connectivity index is 1.43. The van der Waals surface area contributed by atoms with Crippen LogP contribution in [0.5, 0.6) is 11.5 Å². The first-order valence-corrected chi connectivity index (χ1v) is 11.9. The molecule has 30 heavy (non-hydrogen) atoms. The molecule has 3 aromatic rings. The zero-order valence-corrected chi connectivity index (χ0v) is 17.8. The van der Waals surface area contributed by atoms with Gasteiger partial charge in [0, 0.05) is 22.7 Å². The number of fused-ring (bicyclic) bond motifs is 1. The Hall–Kier alpha value is -2.91. The molecule has 1 aliphatic heterocycles. The number of anilines is 1. The van der Waals surface area contributed by atoms with Crippen molar-refractivity contribution in [2.45, 2.75) is 17.9 Å². The number of sulfone groups is 1. The predicted molar refractivity (Wildman–Crippen MR) is 116 cm³/mol. The quantitative estimate of drug-likeness (QED) is 0.625. The van der Waals surface area contributed by atoms with Gasteiger partial charge in [-0.05, 0) is 19.1 Å². The van der Waals surface area contributed by atoms with Crippen molar-refractivity contribution in [3.8, 4) is 22.1 Å². The molecule has 156 valence electrons. The lowest BCUT2D eigenvalue weighted by Crippen LogP contribution is -2.33. The Labute approximate surface area is 178 Å². The van der Waals surface area contributed by atoms with E-state index in [0.717, 1.165) is 10.6 Å². The summed E-state index contributed by atoms with van der Waals surface area (Å²) in [6.45, 7) is 2.28. The maximum Gasteiger partial charge on any atom is 0.242 e. The van der Waals surface area contributed by atoms with Crippen molar-refractivity contribution in [2.75, 3.05) is 18.5 Å². The highest BCUT2D eigenvalue weighted by Gasteiger charge is 2.29. The van der Waals surface area contributed by atoms with E-state index in [9.17, 15) is 13.2 Å². The second kappa shape index (κ2) is 8.45. The van der Waals surface area contributed by atoms with Gasteiger partial charge in [-0.1, -0.05) is 30.3 Å². The van der Waals surface area contributed by atoms with E-state index >= 15 is 0 Å². The molecule has 0 spiro atoms. The molecular formula is C21H20N2O5S2. The van der Waals surface area contributed by atoms with Gasteiger partial charge in [-0.2, -0.15) is 0 Å². The number of ether oxygens (including phenoxy) is 2. The number of rotatable bonds is 6. The van der Waals surface area contributed by atoms with E-state index in [1.54, 1.807) is 23.6 Å². The average Bonchev–Trinajstić information content (AvgIpc) is 3.21. The molecule has 7 nitrogen and oxygen atoms in total. The van der Waals surface area contributed by atoms with Crippen LogP contribution >= 0.6 is 11.3 Å². The monoisotopic (exact) mass is 444 g/mol. The van der Waals surface area contributed by atoms with Crippen LogP contribution in [0.1, 0.15) is 12.6 Å². The van der Waals surface area contributed by atoms with Gasteiger partial charge < -0.3 is 14.8 Å². The van der Waals surface area contributed by atoms with Gasteiger partial charge in [0.2, 0.25) is 5.91 Å². The van der Waals surface area contributed by atoms with Crippen LogP contribution in [-0.4, -0.2) is 37.8 Å². The minimum absolute atomic E-state index is 0.300. The molecule has 0 saturated carbocycles. The van der Waals surface area contributed by atoms with Gasteiger partial charge >= 0.3 is 0 Å². The third-order valence-electron chi connectivity index (χ3n) is 4.64. The molecule has 0 bridgehead atoms. The summed E-state index contributed by atoms with van der Waals surface area (Å²) in [4.78, 5) is 17.0. The number of benzene rings is 2. The zero-order chi connectivity index (χ0) is 21.1. The van der Waals surface area contributed by atoms with Crippen LogP contribution in [0.15, 0.2) is 53.9 Å². The molecule has 1 unspecified atom stereocenters. The molecule has 2 heterocycles. The number of hydrogen-bond donors (Lipinski definition) is 1. The summed E-state index contributed by atoms with van der Waals surface area (Å²) >= 11 is 1.38. The smallest absolute Gasteiger partial charge is 0.242 e. The lowest BCUT2D eigenvalue weighted by molar-refractivity contribution is -0.115. The second-order valence-corrected chi connectivity index (χ2v) is 9.99. The van der Waals surface area contributed by atoms with Gasteiger partial charge in [0.25, 0.3) is 0 Å². The van der Waals surface area contributed by atoms with Crippen LogP contribution in [0.3, 0.4) is 0 Å². The predicted octanol–water partition coefficient (Wildman–Crippen LogP) is 3.52. The number of aromatic nitrogens is 1. The van der Waals surface area contributed by atoms with Crippen molar-refractivity contribution in [1.82, 2.24) is 4.98 Å². The number of amides is 1. The molecule has 0 saturated heterocycles. The third kappa shape index (κ3) is 4.47. The van der Waals surface area contributed by atoms with Crippen LogP contribution in [0.2, 0.25) is 0 Å². The van der Waals surface area contributed by atoms with E-state index in [2.05, 4.69) is 10.3 Å². The first-order chi connectivity index (χ1) is 14.4. The molecule has 9 heteroatoms. The normalized spacial score (nSPS) is 14.2. The van der Waals surface area contributed by atoms with Gasteiger partial charge in [0.15, 0.2) is 21.3 Å². The molecule has 1 aliphatic rings. The summed E-state index contributed by atoms with van der Waals surface area (Å²) < 4.78 is 36.5. The molecule has 1 atom stereocenters. The molecule has 1 amide bonds.